The number of aromatic nitrogens is 2. The summed E-state index contributed by atoms with van der Waals surface area (Å²) in [5, 5.41) is 0. The molecule has 0 aliphatic carbocycles. The number of likely N-dealkylation sites (tertiary alicyclic amines) is 1. The highest BCUT2D eigenvalue weighted by molar-refractivity contribution is 5.54. The standard InChI is InChI=1S/C14H20N4/c15-10-12-4-3-8-18-13(12)11-16-14(18)5-9-17-6-1-2-7-17/h3-4,8,11H,1-2,5-7,9-10,15H2. The van der Waals surface area contributed by atoms with Crippen LogP contribution in [0.15, 0.2) is 24.5 Å². The molecule has 2 aromatic heterocycles. The molecule has 0 aromatic carbocycles. The molecule has 0 amide bonds. The fraction of sp³-hybridized carbons (Fsp3) is 0.500. The Morgan fingerprint density at radius 2 is 2.11 bits per heavy atom. The van der Waals surface area contributed by atoms with Crippen molar-refractivity contribution in [2.75, 3.05) is 19.6 Å². The minimum Gasteiger partial charge on any atom is -0.326 e. The Morgan fingerprint density at radius 3 is 2.89 bits per heavy atom. The molecule has 3 heterocycles. The van der Waals surface area contributed by atoms with Gasteiger partial charge in [0.1, 0.15) is 5.82 Å². The van der Waals surface area contributed by atoms with E-state index >= 15 is 0 Å². The average molecular weight is 244 g/mol. The number of imidazole rings is 1. The smallest absolute Gasteiger partial charge is 0.114 e. The Labute approximate surface area is 107 Å². The van der Waals surface area contributed by atoms with Crippen LogP contribution >= 0.6 is 0 Å². The zero-order chi connectivity index (χ0) is 12.4. The molecule has 1 saturated heterocycles. The minimum absolute atomic E-state index is 0.571. The molecule has 1 fully saturated rings. The first-order chi connectivity index (χ1) is 8.88. The molecule has 0 unspecified atom stereocenters. The lowest BCUT2D eigenvalue weighted by Crippen LogP contribution is -2.22. The zero-order valence-electron chi connectivity index (χ0n) is 10.7. The maximum atomic E-state index is 5.75. The summed E-state index contributed by atoms with van der Waals surface area (Å²) in [6.45, 7) is 4.18. The van der Waals surface area contributed by atoms with Crippen LogP contribution in [0.2, 0.25) is 0 Å². The molecule has 2 N–H and O–H groups in total. The molecule has 4 heteroatoms. The van der Waals surface area contributed by atoms with E-state index in [0.29, 0.717) is 6.54 Å². The number of hydrogen-bond acceptors (Lipinski definition) is 3. The van der Waals surface area contributed by atoms with Gasteiger partial charge in [0.2, 0.25) is 0 Å². The topological polar surface area (TPSA) is 46.6 Å². The summed E-state index contributed by atoms with van der Waals surface area (Å²) in [5.41, 5.74) is 8.06. The van der Waals surface area contributed by atoms with E-state index in [2.05, 4.69) is 32.6 Å². The van der Waals surface area contributed by atoms with Crippen LogP contribution < -0.4 is 5.73 Å². The molecule has 18 heavy (non-hydrogen) atoms. The molecule has 0 saturated carbocycles. The lowest BCUT2D eigenvalue weighted by Gasteiger charge is -2.13. The highest BCUT2D eigenvalue weighted by Crippen LogP contribution is 2.14. The fourth-order valence-corrected chi connectivity index (χ4v) is 2.76. The molecular weight excluding hydrogens is 224 g/mol. The summed E-state index contributed by atoms with van der Waals surface area (Å²) in [4.78, 5) is 7.07. The molecule has 3 rings (SSSR count). The SMILES string of the molecule is NCc1cccn2c(CCN3CCCC3)ncc12. The molecule has 1 aliphatic heterocycles. The molecular formula is C14H20N4. The zero-order valence-corrected chi connectivity index (χ0v) is 10.7. The quantitative estimate of drug-likeness (QED) is 0.885. The van der Waals surface area contributed by atoms with Gasteiger partial charge in [-0.25, -0.2) is 4.98 Å². The Morgan fingerprint density at radius 1 is 1.28 bits per heavy atom. The van der Waals surface area contributed by atoms with Crippen molar-refractivity contribution in [1.82, 2.24) is 14.3 Å². The third kappa shape index (κ3) is 2.13. The molecule has 0 bridgehead atoms. The number of nitrogens with two attached hydrogens (primary N) is 1. The Balaban J connectivity index is 1.79. The van der Waals surface area contributed by atoms with E-state index in [0.717, 1.165) is 29.9 Å². The highest BCUT2D eigenvalue weighted by Gasteiger charge is 2.13. The first-order valence-electron chi connectivity index (χ1n) is 6.75. The van der Waals surface area contributed by atoms with Crippen LogP contribution in [0.25, 0.3) is 5.52 Å². The summed E-state index contributed by atoms with van der Waals surface area (Å²) < 4.78 is 2.18. The van der Waals surface area contributed by atoms with Crippen LogP contribution in [0.1, 0.15) is 24.2 Å². The molecule has 0 radical (unpaired) electrons. The second-order valence-corrected chi connectivity index (χ2v) is 4.97. The number of fused-ring (bicyclic) bond motifs is 1. The molecule has 4 nitrogen and oxygen atoms in total. The van der Waals surface area contributed by atoms with Crippen molar-refractivity contribution in [1.29, 1.82) is 0 Å². The predicted molar refractivity (Wildman–Crippen MR) is 72.5 cm³/mol. The van der Waals surface area contributed by atoms with E-state index in [1.807, 2.05) is 6.20 Å². The van der Waals surface area contributed by atoms with Crippen molar-refractivity contribution in [2.24, 2.45) is 5.73 Å². The van der Waals surface area contributed by atoms with Crippen LogP contribution in [0.3, 0.4) is 0 Å². The normalized spacial score (nSPS) is 16.7. The van der Waals surface area contributed by atoms with Crippen molar-refractivity contribution < 1.29 is 0 Å². The number of rotatable bonds is 4. The van der Waals surface area contributed by atoms with Gasteiger partial charge in [-0.05, 0) is 37.6 Å². The Hall–Kier alpha value is -1.39. The number of pyridine rings is 1. The second-order valence-electron chi connectivity index (χ2n) is 4.97. The van der Waals surface area contributed by atoms with Gasteiger partial charge in [0.15, 0.2) is 0 Å². The Bertz CT molecular complexity index is 526. The summed E-state index contributed by atoms with van der Waals surface area (Å²) in [6, 6.07) is 4.12. The van der Waals surface area contributed by atoms with Crippen LogP contribution in [0.4, 0.5) is 0 Å². The monoisotopic (exact) mass is 244 g/mol. The van der Waals surface area contributed by atoms with Crippen molar-refractivity contribution in [3.8, 4) is 0 Å². The molecule has 2 aromatic rings. The van der Waals surface area contributed by atoms with E-state index in [9.17, 15) is 0 Å². The van der Waals surface area contributed by atoms with Crippen molar-refractivity contribution >= 4 is 5.52 Å². The van der Waals surface area contributed by atoms with Gasteiger partial charge >= 0.3 is 0 Å². The summed E-state index contributed by atoms with van der Waals surface area (Å²) in [7, 11) is 0. The van der Waals surface area contributed by atoms with Crippen LogP contribution in [-0.4, -0.2) is 33.9 Å². The van der Waals surface area contributed by atoms with Gasteiger partial charge in [-0.2, -0.15) is 0 Å². The summed E-state index contributed by atoms with van der Waals surface area (Å²) in [6.07, 6.45) is 7.74. The first kappa shape index (κ1) is 11.7. The van der Waals surface area contributed by atoms with Gasteiger partial charge in [0.05, 0.1) is 11.7 Å². The van der Waals surface area contributed by atoms with E-state index in [1.54, 1.807) is 0 Å². The third-order valence-corrected chi connectivity index (χ3v) is 3.81. The molecule has 0 spiro atoms. The highest BCUT2D eigenvalue weighted by atomic mass is 15.1. The van der Waals surface area contributed by atoms with E-state index in [1.165, 1.54) is 25.9 Å². The van der Waals surface area contributed by atoms with Crippen molar-refractivity contribution in [3.63, 3.8) is 0 Å². The summed E-state index contributed by atoms with van der Waals surface area (Å²) >= 11 is 0. The average Bonchev–Trinajstić information content (AvgIpc) is 3.05. The minimum atomic E-state index is 0.571. The van der Waals surface area contributed by atoms with Gasteiger partial charge < -0.3 is 15.0 Å². The van der Waals surface area contributed by atoms with Gasteiger partial charge in [0, 0.05) is 25.7 Å². The van der Waals surface area contributed by atoms with Crippen LogP contribution in [0, 0.1) is 0 Å². The number of nitrogens with zero attached hydrogens (tertiary/aromatic N) is 3. The van der Waals surface area contributed by atoms with Gasteiger partial charge in [-0.1, -0.05) is 6.07 Å². The predicted octanol–water partition coefficient (Wildman–Crippen LogP) is 1.43. The second kappa shape index (κ2) is 5.08. The fourth-order valence-electron chi connectivity index (χ4n) is 2.76. The van der Waals surface area contributed by atoms with Crippen LogP contribution in [0.5, 0.6) is 0 Å². The van der Waals surface area contributed by atoms with E-state index in [4.69, 9.17) is 5.73 Å². The maximum absolute atomic E-state index is 5.75. The molecule has 96 valence electrons. The lowest BCUT2D eigenvalue weighted by atomic mass is 10.2. The van der Waals surface area contributed by atoms with Gasteiger partial charge in [-0.15, -0.1) is 0 Å². The summed E-state index contributed by atoms with van der Waals surface area (Å²) in [5.74, 6) is 1.15. The largest absolute Gasteiger partial charge is 0.326 e. The van der Waals surface area contributed by atoms with Crippen molar-refractivity contribution in [2.45, 2.75) is 25.8 Å². The van der Waals surface area contributed by atoms with Crippen molar-refractivity contribution in [3.05, 3.63) is 35.9 Å². The maximum Gasteiger partial charge on any atom is 0.114 e. The molecule has 0 atom stereocenters. The van der Waals surface area contributed by atoms with Gasteiger partial charge in [0.25, 0.3) is 0 Å². The number of hydrogen-bond donors (Lipinski definition) is 1. The molecule has 1 aliphatic rings. The van der Waals surface area contributed by atoms with E-state index < -0.39 is 0 Å². The van der Waals surface area contributed by atoms with Crippen LogP contribution in [-0.2, 0) is 13.0 Å². The first-order valence-corrected chi connectivity index (χ1v) is 6.75. The van der Waals surface area contributed by atoms with Gasteiger partial charge in [-0.3, -0.25) is 0 Å². The lowest BCUT2D eigenvalue weighted by molar-refractivity contribution is 0.340. The Kier molecular flexibility index (Phi) is 3.30. The van der Waals surface area contributed by atoms with E-state index in [-0.39, 0.29) is 0 Å². The third-order valence-electron chi connectivity index (χ3n) is 3.81.